The number of halogens is 3. The number of sulfonamides is 1. The van der Waals surface area contributed by atoms with Gasteiger partial charge in [-0.2, -0.15) is 0 Å². The maximum Gasteiger partial charge on any atom is 0.264 e. The Morgan fingerprint density at radius 1 is 0.891 bits per heavy atom. The number of anilines is 1. The second kappa shape index (κ2) is 14.4. The standard InChI is InChI=1S/C33H30Cl2FN3O6S/c1-37-33(41)29(18-22-6-3-2-4-7-22)38(20-26-27(34)8-5-9-28(26)35)32(40)21-39(24-12-10-23(36)11-13-24)46(42,43)25-14-15-30-31(19-25)45-17-16-44-30/h2-15,19,29H,16-18,20-21H2,1H3,(H,37,41)/t29-/m0/s1. The van der Waals surface area contributed by atoms with Crippen LogP contribution in [0.2, 0.25) is 10.0 Å². The third-order valence-electron chi connectivity index (χ3n) is 7.40. The average molecular weight is 687 g/mol. The van der Waals surface area contributed by atoms with Gasteiger partial charge in [0.25, 0.3) is 10.0 Å². The molecule has 0 aliphatic carbocycles. The van der Waals surface area contributed by atoms with Crippen molar-refractivity contribution in [3.05, 3.63) is 118 Å². The van der Waals surface area contributed by atoms with Crippen LogP contribution in [-0.2, 0) is 32.6 Å². The van der Waals surface area contributed by atoms with Gasteiger partial charge in [0, 0.05) is 41.7 Å². The Hall–Kier alpha value is -4.32. The molecule has 5 rings (SSSR count). The summed E-state index contributed by atoms with van der Waals surface area (Å²) < 4.78 is 54.4. The van der Waals surface area contributed by atoms with Gasteiger partial charge in [-0.1, -0.05) is 59.6 Å². The zero-order valence-electron chi connectivity index (χ0n) is 24.7. The summed E-state index contributed by atoms with van der Waals surface area (Å²) in [6.07, 6.45) is 0.111. The van der Waals surface area contributed by atoms with E-state index in [0.717, 1.165) is 22.0 Å². The minimum absolute atomic E-state index is 0.0277. The molecule has 13 heteroatoms. The van der Waals surface area contributed by atoms with Crippen LogP contribution in [0.5, 0.6) is 11.5 Å². The van der Waals surface area contributed by atoms with E-state index in [1.165, 1.54) is 42.3 Å². The number of ether oxygens (including phenoxy) is 2. The molecule has 0 saturated heterocycles. The monoisotopic (exact) mass is 685 g/mol. The number of rotatable bonds is 11. The van der Waals surface area contributed by atoms with Crippen LogP contribution in [0.15, 0.2) is 95.9 Å². The summed E-state index contributed by atoms with van der Waals surface area (Å²) in [5.74, 6) is -1.19. The number of likely N-dealkylation sites (N-methyl/N-ethyl adjacent to an activating group) is 1. The Balaban J connectivity index is 1.58. The predicted octanol–water partition coefficient (Wildman–Crippen LogP) is 5.49. The number of carbonyl (C=O) groups is 2. The smallest absolute Gasteiger partial charge is 0.264 e. The Morgan fingerprint density at radius 3 is 2.20 bits per heavy atom. The second-order valence-corrected chi connectivity index (χ2v) is 13.0. The summed E-state index contributed by atoms with van der Waals surface area (Å²) >= 11 is 13.0. The topological polar surface area (TPSA) is 105 Å². The molecule has 1 N–H and O–H groups in total. The first-order valence-electron chi connectivity index (χ1n) is 14.2. The second-order valence-electron chi connectivity index (χ2n) is 10.3. The maximum absolute atomic E-state index is 14.4. The van der Waals surface area contributed by atoms with Gasteiger partial charge in [-0.05, 0) is 54.1 Å². The Morgan fingerprint density at radius 2 is 1.54 bits per heavy atom. The van der Waals surface area contributed by atoms with E-state index in [-0.39, 0.29) is 46.0 Å². The first kappa shape index (κ1) is 33.1. The van der Waals surface area contributed by atoms with Crippen molar-refractivity contribution in [2.75, 3.05) is 31.1 Å². The number of hydrogen-bond donors (Lipinski definition) is 1. The van der Waals surface area contributed by atoms with Crippen LogP contribution in [0, 0.1) is 5.82 Å². The molecule has 0 aromatic heterocycles. The molecular weight excluding hydrogens is 656 g/mol. The number of nitrogens with zero attached hydrogens (tertiary/aromatic N) is 2. The number of fused-ring (bicyclic) bond motifs is 1. The molecule has 0 bridgehead atoms. The molecule has 1 aliphatic heterocycles. The van der Waals surface area contributed by atoms with Crippen molar-refractivity contribution in [2.24, 2.45) is 0 Å². The van der Waals surface area contributed by atoms with Gasteiger partial charge in [-0.3, -0.25) is 13.9 Å². The fraction of sp³-hybridized carbons (Fsp3) is 0.212. The van der Waals surface area contributed by atoms with Crippen LogP contribution in [0.3, 0.4) is 0 Å². The molecular formula is C33H30Cl2FN3O6S. The summed E-state index contributed by atoms with van der Waals surface area (Å²) in [7, 11) is -3.01. The van der Waals surface area contributed by atoms with Gasteiger partial charge >= 0.3 is 0 Å². The van der Waals surface area contributed by atoms with E-state index in [9.17, 15) is 22.4 Å². The molecule has 4 aromatic carbocycles. The molecule has 0 fully saturated rings. The minimum atomic E-state index is -4.45. The molecule has 9 nitrogen and oxygen atoms in total. The number of benzene rings is 4. The molecule has 1 heterocycles. The van der Waals surface area contributed by atoms with Crippen LogP contribution in [0.1, 0.15) is 11.1 Å². The molecule has 2 amide bonds. The molecule has 0 spiro atoms. The number of amides is 2. The molecule has 0 unspecified atom stereocenters. The lowest BCUT2D eigenvalue weighted by molar-refractivity contribution is -0.139. The van der Waals surface area contributed by atoms with E-state index in [4.69, 9.17) is 32.7 Å². The van der Waals surface area contributed by atoms with Gasteiger partial charge < -0.3 is 19.7 Å². The van der Waals surface area contributed by atoms with E-state index in [1.807, 2.05) is 30.3 Å². The number of nitrogens with one attached hydrogen (secondary N) is 1. The van der Waals surface area contributed by atoms with Gasteiger partial charge in [0.1, 0.15) is 31.6 Å². The van der Waals surface area contributed by atoms with Crippen molar-refractivity contribution >= 4 is 50.7 Å². The highest BCUT2D eigenvalue weighted by atomic mass is 35.5. The van der Waals surface area contributed by atoms with Gasteiger partial charge in [0.2, 0.25) is 11.8 Å². The normalized spacial score (nSPS) is 13.0. The summed E-state index contributed by atoms with van der Waals surface area (Å²) in [6, 6.07) is 21.7. The molecule has 1 atom stereocenters. The Kier molecular flexibility index (Phi) is 10.4. The van der Waals surface area contributed by atoms with Crippen molar-refractivity contribution in [2.45, 2.75) is 23.9 Å². The van der Waals surface area contributed by atoms with Crippen LogP contribution in [0.25, 0.3) is 0 Å². The lowest BCUT2D eigenvalue weighted by atomic mass is 10.0. The highest BCUT2D eigenvalue weighted by Gasteiger charge is 2.35. The highest BCUT2D eigenvalue weighted by molar-refractivity contribution is 7.92. The lowest BCUT2D eigenvalue weighted by Crippen LogP contribution is -2.53. The van der Waals surface area contributed by atoms with E-state index >= 15 is 0 Å². The van der Waals surface area contributed by atoms with Crippen molar-refractivity contribution in [1.82, 2.24) is 10.2 Å². The first-order chi connectivity index (χ1) is 22.1. The summed E-state index contributed by atoms with van der Waals surface area (Å²) in [4.78, 5) is 28.9. The van der Waals surface area contributed by atoms with Gasteiger partial charge in [-0.25, -0.2) is 12.8 Å². The number of hydrogen-bond acceptors (Lipinski definition) is 6. The lowest BCUT2D eigenvalue weighted by Gasteiger charge is -2.34. The van der Waals surface area contributed by atoms with Crippen LogP contribution in [0.4, 0.5) is 10.1 Å². The zero-order valence-corrected chi connectivity index (χ0v) is 27.0. The number of carbonyl (C=O) groups excluding carboxylic acids is 2. The fourth-order valence-corrected chi connectivity index (χ4v) is 6.97. The predicted molar refractivity (Wildman–Crippen MR) is 173 cm³/mol. The van der Waals surface area contributed by atoms with E-state index in [1.54, 1.807) is 18.2 Å². The van der Waals surface area contributed by atoms with Crippen LogP contribution in [-0.4, -0.2) is 58.0 Å². The highest BCUT2D eigenvalue weighted by Crippen LogP contribution is 2.35. The van der Waals surface area contributed by atoms with Crippen LogP contribution < -0.4 is 19.1 Å². The third-order valence-corrected chi connectivity index (χ3v) is 9.88. The maximum atomic E-state index is 14.4. The minimum Gasteiger partial charge on any atom is -0.486 e. The van der Waals surface area contributed by atoms with Gasteiger partial charge in [0.05, 0.1) is 10.6 Å². The van der Waals surface area contributed by atoms with Gasteiger partial charge in [-0.15, -0.1) is 0 Å². The molecule has 1 aliphatic rings. The summed E-state index contributed by atoms with van der Waals surface area (Å²) in [6.45, 7) is -0.398. The third kappa shape index (κ3) is 7.38. The van der Waals surface area contributed by atoms with Crippen molar-refractivity contribution < 1.29 is 31.9 Å². The van der Waals surface area contributed by atoms with E-state index < -0.39 is 40.2 Å². The van der Waals surface area contributed by atoms with E-state index in [0.29, 0.717) is 17.9 Å². The molecule has 46 heavy (non-hydrogen) atoms. The fourth-order valence-electron chi connectivity index (χ4n) is 5.02. The van der Waals surface area contributed by atoms with Crippen molar-refractivity contribution in [3.8, 4) is 11.5 Å². The van der Waals surface area contributed by atoms with Crippen LogP contribution >= 0.6 is 23.2 Å². The Bertz CT molecular complexity index is 1810. The molecule has 4 aromatic rings. The Labute approximate surface area is 276 Å². The SMILES string of the molecule is CNC(=O)[C@H](Cc1ccccc1)N(Cc1c(Cl)cccc1Cl)C(=O)CN(c1ccc(F)cc1)S(=O)(=O)c1ccc2c(c1)OCCO2. The first-order valence-corrected chi connectivity index (χ1v) is 16.4. The van der Waals surface area contributed by atoms with Gasteiger partial charge in [0.15, 0.2) is 11.5 Å². The average Bonchev–Trinajstić information content (AvgIpc) is 3.06. The van der Waals surface area contributed by atoms with Crippen molar-refractivity contribution in [1.29, 1.82) is 0 Å². The quantitative estimate of drug-likeness (QED) is 0.224. The largest absolute Gasteiger partial charge is 0.486 e. The zero-order chi connectivity index (χ0) is 32.8. The summed E-state index contributed by atoms with van der Waals surface area (Å²) in [5, 5.41) is 3.14. The molecule has 0 saturated carbocycles. The molecule has 240 valence electrons. The van der Waals surface area contributed by atoms with E-state index in [2.05, 4.69) is 5.32 Å². The van der Waals surface area contributed by atoms with Crippen molar-refractivity contribution in [3.63, 3.8) is 0 Å². The molecule has 0 radical (unpaired) electrons. The summed E-state index contributed by atoms with van der Waals surface area (Å²) in [5.41, 5.74) is 1.17.